The first kappa shape index (κ1) is 14.0. The van der Waals surface area contributed by atoms with Gasteiger partial charge in [-0.25, -0.2) is 4.39 Å². The van der Waals surface area contributed by atoms with Gasteiger partial charge in [-0.2, -0.15) is 0 Å². The van der Waals surface area contributed by atoms with Crippen LogP contribution in [-0.4, -0.2) is 26.2 Å². The molecule has 0 radical (unpaired) electrons. The van der Waals surface area contributed by atoms with Crippen molar-refractivity contribution in [3.05, 3.63) is 30.1 Å². The average Bonchev–Trinajstić information content (AvgIpc) is 2.30. The zero-order valence-electron chi connectivity index (χ0n) is 11.0. The minimum absolute atomic E-state index is 0.183. The molecule has 0 spiro atoms. The molecule has 96 valence electrons. The van der Waals surface area contributed by atoms with E-state index in [4.69, 9.17) is 0 Å². The second kappa shape index (κ2) is 7.28. The van der Waals surface area contributed by atoms with Crippen molar-refractivity contribution in [1.82, 2.24) is 5.32 Å². The number of hydrogen-bond donors (Lipinski definition) is 1. The third-order valence-corrected chi connectivity index (χ3v) is 2.93. The summed E-state index contributed by atoms with van der Waals surface area (Å²) in [5, 5.41) is 3.48. The third-order valence-electron chi connectivity index (χ3n) is 2.93. The van der Waals surface area contributed by atoms with E-state index in [0.29, 0.717) is 6.04 Å². The van der Waals surface area contributed by atoms with Crippen molar-refractivity contribution in [3.63, 3.8) is 0 Å². The Morgan fingerprint density at radius 2 is 1.94 bits per heavy atom. The normalized spacial score (nSPS) is 12.5. The molecule has 3 heteroatoms. The highest BCUT2D eigenvalue weighted by Gasteiger charge is 2.02. The molecule has 1 rings (SSSR count). The number of nitrogens with zero attached hydrogens (tertiary/aromatic N) is 1. The molecular formula is C14H23FN2. The second-order valence-corrected chi connectivity index (χ2v) is 4.54. The molecule has 0 aliphatic rings. The standard InChI is InChI=1S/C14H23FN2/c1-4-5-12(2)16-10-11-17(3)14-8-6-13(15)7-9-14/h6-9,12,16H,4-5,10-11H2,1-3H3. The van der Waals surface area contributed by atoms with Gasteiger partial charge in [-0.15, -0.1) is 0 Å². The van der Waals surface area contributed by atoms with Gasteiger partial charge in [0.15, 0.2) is 0 Å². The van der Waals surface area contributed by atoms with Crippen molar-refractivity contribution in [1.29, 1.82) is 0 Å². The largest absolute Gasteiger partial charge is 0.373 e. The summed E-state index contributed by atoms with van der Waals surface area (Å²) in [4.78, 5) is 2.13. The van der Waals surface area contributed by atoms with Crippen LogP contribution in [0.5, 0.6) is 0 Å². The van der Waals surface area contributed by atoms with E-state index >= 15 is 0 Å². The van der Waals surface area contributed by atoms with Gasteiger partial charge in [0, 0.05) is 31.9 Å². The molecular weight excluding hydrogens is 215 g/mol. The molecule has 0 aromatic heterocycles. The van der Waals surface area contributed by atoms with Crippen LogP contribution in [-0.2, 0) is 0 Å². The lowest BCUT2D eigenvalue weighted by Gasteiger charge is -2.21. The highest BCUT2D eigenvalue weighted by atomic mass is 19.1. The van der Waals surface area contributed by atoms with Crippen molar-refractivity contribution >= 4 is 5.69 Å². The van der Waals surface area contributed by atoms with Crippen LogP contribution in [0.2, 0.25) is 0 Å². The Balaban J connectivity index is 2.29. The predicted molar refractivity (Wildman–Crippen MR) is 72.0 cm³/mol. The minimum atomic E-state index is -0.183. The number of anilines is 1. The van der Waals surface area contributed by atoms with E-state index in [0.717, 1.165) is 18.8 Å². The van der Waals surface area contributed by atoms with E-state index in [9.17, 15) is 4.39 Å². The lowest BCUT2D eigenvalue weighted by molar-refractivity contribution is 0.512. The van der Waals surface area contributed by atoms with Crippen LogP contribution in [0.15, 0.2) is 24.3 Å². The van der Waals surface area contributed by atoms with E-state index in [1.807, 2.05) is 19.2 Å². The Morgan fingerprint density at radius 3 is 2.53 bits per heavy atom. The van der Waals surface area contributed by atoms with E-state index in [1.165, 1.54) is 25.0 Å². The summed E-state index contributed by atoms with van der Waals surface area (Å²) in [5.41, 5.74) is 1.05. The van der Waals surface area contributed by atoms with E-state index in [-0.39, 0.29) is 5.82 Å². The molecule has 1 aromatic rings. The van der Waals surface area contributed by atoms with Crippen LogP contribution < -0.4 is 10.2 Å². The van der Waals surface area contributed by atoms with Gasteiger partial charge in [0.1, 0.15) is 5.82 Å². The smallest absolute Gasteiger partial charge is 0.123 e. The molecule has 1 unspecified atom stereocenters. The highest BCUT2D eigenvalue weighted by molar-refractivity contribution is 5.45. The van der Waals surface area contributed by atoms with Crippen LogP contribution in [0, 0.1) is 5.82 Å². The van der Waals surface area contributed by atoms with Gasteiger partial charge >= 0.3 is 0 Å². The predicted octanol–water partition coefficient (Wildman–Crippen LogP) is 3.04. The van der Waals surface area contributed by atoms with Crippen LogP contribution >= 0.6 is 0 Å². The monoisotopic (exact) mass is 238 g/mol. The summed E-state index contributed by atoms with van der Waals surface area (Å²) in [6.07, 6.45) is 2.42. The second-order valence-electron chi connectivity index (χ2n) is 4.54. The molecule has 2 nitrogen and oxygen atoms in total. The van der Waals surface area contributed by atoms with Crippen molar-refractivity contribution in [2.45, 2.75) is 32.7 Å². The number of halogens is 1. The summed E-state index contributed by atoms with van der Waals surface area (Å²) in [7, 11) is 2.03. The van der Waals surface area contributed by atoms with Gasteiger partial charge in [0.05, 0.1) is 0 Å². The lowest BCUT2D eigenvalue weighted by atomic mass is 10.2. The first-order valence-electron chi connectivity index (χ1n) is 6.33. The number of benzene rings is 1. The number of nitrogens with one attached hydrogen (secondary N) is 1. The quantitative estimate of drug-likeness (QED) is 0.785. The SMILES string of the molecule is CCCC(C)NCCN(C)c1ccc(F)cc1. The molecule has 0 bridgehead atoms. The van der Waals surface area contributed by atoms with Gasteiger partial charge in [-0.3, -0.25) is 0 Å². The van der Waals surface area contributed by atoms with Gasteiger partial charge in [0.25, 0.3) is 0 Å². The third kappa shape index (κ3) is 5.18. The maximum atomic E-state index is 12.8. The van der Waals surface area contributed by atoms with Gasteiger partial charge in [-0.1, -0.05) is 13.3 Å². The van der Waals surface area contributed by atoms with Crippen molar-refractivity contribution < 1.29 is 4.39 Å². The van der Waals surface area contributed by atoms with Crippen molar-refractivity contribution in [2.75, 3.05) is 25.0 Å². The molecule has 1 atom stereocenters. The van der Waals surface area contributed by atoms with Crippen molar-refractivity contribution in [3.8, 4) is 0 Å². The maximum absolute atomic E-state index is 12.8. The Bertz CT molecular complexity index is 311. The Labute approximate surface area is 104 Å². The molecule has 17 heavy (non-hydrogen) atoms. The molecule has 0 aliphatic carbocycles. The highest BCUT2D eigenvalue weighted by Crippen LogP contribution is 2.12. The summed E-state index contributed by atoms with van der Waals surface area (Å²) in [6.45, 7) is 6.29. The molecule has 0 fully saturated rings. The molecule has 0 aliphatic heterocycles. The van der Waals surface area contributed by atoms with E-state index in [1.54, 1.807) is 0 Å². The summed E-state index contributed by atoms with van der Waals surface area (Å²) in [5.74, 6) is -0.183. The van der Waals surface area contributed by atoms with Gasteiger partial charge < -0.3 is 10.2 Å². The Morgan fingerprint density at radius 1 is 1.29 bits per heavy atom. The van der Waals surface area contributed by atoms with Crippen LogP contribution in [0.25, 0.3) is 0 Å². The van der Waals surface area contributed by atoms with Crippen molar-refractivity contribution in [2.24, 2.45) is 0 Å². The first-order chi connectivity index (χ1) is 8.13. The average molecular weight is 238 g/mol. The maximum Gasteiger partial charge on any atom is 0.123 e. The van der Waals surface area contributed by atoms with Crippen LogP contribution in [0.3, 0.4) is 0 Å². The zero-order chi connectivity index (χ0) is 12.7. The number of likely N-dealkylation sites (N-methyl/N-ethyl adjacent to an activating group) is 1. The molecule has 0 amide bonds. The first-order valence-corrected chi connectivity index (χ1v) is 6.33. The fourth-order valence-corrected chi connectivity index (χ4v) is 1.84. The zero-order valence-corrected chi connectivity index (χ0v) is 11.0. The van der Waals surface area contributed by atoms with Crippen LogP contribution in [0.4, 0.5) is 10.1 Å². The number of rotatable bonds is 7. The molecule has 0 saturated heterocycles. The van der Waals surface area contributed by atoms with Crippen LogP contribution in [0.1, 0.15) is 26.7 Å². The fourth-order valence-electron chi connectivity index (χ4n) is 1.84. The van der Waals surface area contributed by atoms with E-state index in [2.05, 4.69) is 24.1 Å². The minimum Gasteiger partial charge on any atom is -0.373 e. The Hall–Kier alpha value is -1.09. The summed E-state index contributed by atoms with van der Waals surface area (Å²) >= 11 is 0. The fraction of sp³-hybridized carbons (Fsp3) is 0.571. The molecule has 1 aromatic carbocycles. The van der Waals surface area contributed by atoms with Gasteiger partial charge in [0.2, 0.25) is 0 Å². The molecule has 0 heterocycles. The topological polar surface area (TPSA) is 15.3 Å². The van der Waals surface area contributed by atoms with E-state index < -0.39 is 0 Å². The summed E-state index contributed by atoms with van der Waals surface area (Å²) < 4.78 is 12.8. The number of hydrogen-bond acceptors (Lipinski definition) is 2. The molecule has 0 saturated carbocycles. The Kier molecular flexibility index (Phi) is 5.98. The lowest BCUT2D eigenvalue weighted by Crippen LogP contribution is -2.34. The van der Waals surface area contributed by atoms with Gasteiger partial charge in [-0.05, 0) is 37.6 Å². The molecule has 1 N–H and O–H groups in total. The summed E-state index contributed by atoms with van der Waals surface area (Å²) in [6, 6.07) is 7.19.